The Bertz CT molecular complexity index is 224. The van der Waals surface area contributed by atoms with Crippen LogP contribution >= 0.6 is 0 Å². The van der Waals surface area contributed by atoms with Gasteiger partial charge in [-0.15, -0.1) is 0 Å². The molecule has 0 aliphatic carbocycles. The van der Waals surface area contributed by atoms with Gasteiger partial charge in [-0.3, -0.25) is 0 Å². The van der Waals surface area contributed by atoms with Crippen molar-refractivity contribution in [2.24, 2.45) is 5.92 Å². The van der Waals surface area contributed by atoms with Crippen LogP contribution in [0.1, 0.15) is 26.2 Å². The SMILES string of the molecule is CCC[C](CC(C#N)C#N)C(OC)OC. The van der Waals surface area contributed by atoms with E-state index in [2.05, 4.69) is 0 Å². The summed E-state index contributed by atoms with van der Waals surface area (Å²) in [7, 11) is 3.11. The minimum absolute atomic E-state index is 0.408. The highest BCUT2D eigenvalue weighted by molar-refractivity contribution is 5.07. The van der Waals surface area contributed by atoms with Crippen LogP contribution in [-0.2, 0) is 9.47 Å². The van der Waals surface area contributed by atoms with Crippen LogP contribution in [0.25, 0.3) is 0 Å². The maximum atomic E-state index is 8.70. The molecule has 1 radical (unpaired) electrons. The zero-order chi connectivity index (χ0) is 11.7. The molecule has 0 aromatic carbocycles. The molecule has 0 aliphatic rings. The normalized spacial score (nSPS) is 10.7. The van der Waals surface area contributed by atoms with E-state index in [0.717, 1.165) is 18.8 Å². The van der Waals surface area contributed by atoms with Gasteiger partial charge in [0.05, 0.1) is 12.1 Å². The molecule has 0 bridgehead atoms. The Morgan fingerprint density at radius 2 is 1.73 bits per heavy atom. The molecule has 0 aliphatic heterocycles. The summed E-state index contributed by atoms with van der Waals surface area (Å²) in [5, 5.41) is 17.4. The van der Waals surface area contributed by atoms with Gasteiger partial charge in [0, 0.05) is 20.1 Å². The molecule has 0 spiro atoms. The van der Waals surface area contributed by atoms with Crippen molar-refractivity contribution in [1.29, 1.82) is 10.5 Å². The number of rotatable bonds is 7. The quantitative estimate of drug-likeness (QED) is 0.602. The molecule has 4 nitrogen and oxygen atoms in total. The van der Waals surface area contributed by atoms with Gasteiger partial charge >= 0.3 is 0 Å². The summed E-state index contributed by atoms with van der Waals surface area (Å²) in [5.41, 5.74) is 0. The van der Waals surface area contributed by atoms with Crippen LogP contribution in [-0.4, -0.2) is 20.5 Å². The topological polar surface area (TPSA) is 66.0 Å². The molecular formula is C11H17N2O2. The van der Waals surface area contributed by atoms with Gasteiger partial charge < -0.3 is 9.47 Å². The van der Waals surface area contributed by atoms with Crippen LogP contribution in [0.3, 0.4) is 0 Å². The maximum absolute atomic E-state index is 8.70. The van der Waals surface area contributed by atoms with Crippen molar-refractivity contribution in [2.45, 2.75) is 32.5 Å². The van der Waals surface area contributed by atoms with Crippen molar-refractivity contribution < 1.29 is 9.47 Å². The van der Waals surface area contributed by atoms with Gasteiger partial charge in [0.2, 0.25) is 0 Å². The van der Waals surface area contributed by atoms with Crippen molar-refractivity contribution in [3.05, 3.63) is 5.92 Å². The monoisotopic (exact) mass is 209 g/mol. The molecule has 0 aromatic heterocycles. The molecule has 0 aromatic rings. The largest absolute Gasteiger partial charge is 0.355 e. The van der Waals surface area contributed by atoms with E-state index in [9.17, 15) is 0 Å². The van der Waals surface area contributed by atoms with E-state index in [-0.39, 0.29) is 0 Å². The number of nitrogens with zero attached hydrogens (tertiary/aromatic N) is 2. The molecule has 0 rings (SSSR count). The van der Waals surface area contributed by atoms with Gasteiger partial charge in [-0.05, 0) is 12.8 Å². The molecule has 83 valence electrons. The van der Waals surface area contributed by atoms with Crippen molar-refractivity contribution in [3.63, 3.8) is 0 Å². The molecule has 15 heavy (non-hydrogen) atoms. The van der Waals surface area contributed by atoms with E-state index in [1.165, 1.54) is 0 Å². The number of nitriles is 2. The van der Waals surface area contributed by atoms with Crippen LogP contribution in [0.15, 0.2) is 0 Å². The molecule has 0 saturated heterocycles. The molecule has 0 N–H and O–H groups in total. The van der Waals surface area contributed by atoms with E-state index in [0.29, 0.717) is 6.42 Å². The number of methoxy groups -OCH3 is 2. The van der Waals surface area contributed by atoms with E-state index in [4.69, 9.17) is 20.0 Å². The first-order valence-electron chi connectivity index (χ1n) is 4.92. The summed E-state index contributed by atoms with van der Waals surface area (Å²) in [6, 6.07) is 3.90. The number of ether oxygens (including phenoxy) is 2. The van der Waals surface area contributed by atoms with Gasteiger partial charge in [-0.25, -0.2) is 0 Å². The first-order valence-corrected chi connectivity index (χ1v) is 4.92. The highest BCUT2D eigenvalue weighted by Gasteiger charge is 2.24. The zero-order valence-electron chi connectivity index (χ0n) is 9.49. The molecule has 0 unspecified atom stereocenters. The van der Waals surface area contributed by atoms with Crippen LogP contribution in [0.4, 0.5) is 0 Å². The second kappa shape index (κ2) is 8.23. The minimum Gasteiger partial charge on any atom is -0.355 e. The third kappa shape index (κ3) is 4.78. The average Bonchev–Trinajstić information content (AvgIpc) is 2.27. The van der Waals surface area contributed by atoms with E-state index >= 15 is 0 Å². The summed E-state index contributed by atoms with van der Waals surface area (Å²) in [5.74, 6) is 0.356. The molecule has 4 heteroatoms. The summed E-state index contributed by atoms with van der Waals surface area (Å²) >= 11 is 0. The lowest BCUT2D eigenvalue weighted by Crippen LogP contribution is -2.24. The zero-order valence-corrected chi connectivity index (χ0v) is 9.49. The van der Waals surface area contributed by atoms with Crippen molar-refractivity contribution in [2.75, 3.05) is 14.2 Å². The fraction of sp³-hybridized carbons (Fsp3) is 0.727. The smallest absolute Gasteiger partial charge is 0.163 e. The van der Waals surface area contributed by atoms with Gasteiger partial charge in [-0.1, -0.05) is 13.3 Å². The van der Waals surface area contributed by atoms with Crippen molar-refractivity contribution >= 4 is 0 Å². The Hall–Kier alpha value is -1.10. The van der Waals surface area contributed by atoms with Crippen molar-refractivity contribution in [1.82, 2.24) is 0 Å². The van der Waals surface area contributed by atoms with Gasteiger partial charge in [0.1, 0.15) is 5.92 Å². The second-order valence-corrected chi connectivity index (χ2v) is 3.23. The summed E-state index contributed by atoms with van der Waals surface area (Å²) in [6.45, 7) is 2.04. The van der Waals surface area contributed by atoms with Crippen LogP contribution in [0.5, 0.6) is 0 Å². The van der Waals surface area contributed by atoms with Gasteiger partial charge in [-0.2, -0.15) is 10.5 Å². The summed E-state index contributed by atoms with van der Waals surface area (Å²) in [4.78, 5) is 0. The predicted octanol–water partition coefficient (Wildman–Crippen LogP) is 2.03. The second-order valence-electron chi connectivity index (χ2n) is 3.23. The lowest BCUT2D eigenvalue weighted by Gasteiger charge is -2.23. The number of hydrogen-bond acceptors (Lipinski definition) is 4. The highest BCUT2D eigenvalue weighted by Crippen LogP contribution is 2.25. The molecule has 0 heterocycles. The Kier molecular flexibility index (Phi) is 7.62. The molecule has 0 amide bonds. The fourth-order valence-corrected chi connectivity index (χ4v) is 1.45. The molecule has 0 fully saturated rings. The Morgan fingerprint density at radius 1 is 1.20 bits per heavy atom. The highest BCUT2D eigenvalue weighted by atomic mass is 16.7. The Labute approximate surface area is 91.4 Å². The lowest BCUT2D eigenvalue weighted by atomic mass is 9.92. The first kappa shape index (κ1) is 13.9. The molecule has 0 saturated carbocycles. The molecular weight excluding hydrogens is 192 g/mol. The van der Waals surface area contributed by atoms with E-state index < -0.39 is 12.2 Å². The van der Waals surface area contributed by atoms with Gasteiger partial charge in [0.25, 0.3) is 0 Å². The minimum atomic E-state index is -0.612. The Balaban J connectivity index is 4.39. The van der Waals surface area contributed by atoms with Crippen molar-refractivity contribution in [3.8, 4) is 12.1 Å². The molecule has 0 atom stereocenters. The van der Waals surface area contributed by atoms with Crippen LogP contribution in [0, 0.1) is 34.5 Å². The van der Waals surface area contributed by atoms with Crippen LogP contribution in [0.2, 0.25) is 0 Å². The first-order chi connectivity index (χ1) is 7.23. The lowest BCUT2D eigenvalue weighted by molar-refractivity contribution is -0.0951. The average molecular weight is 209 g/mol. The fourth-order valence-electron chi connectivity index (χ4n) is 1.45. The van der Waals surface area contributed by atoms with Crippen LogP contribution < -0.4 is 0 Å². The maximum Gasteiger partial charge on any atom is 0.163 e. The predicted molar refractivity (Wildman–Crippen MR) is 55.3 cm³/mol. The van der Waals surface area contributed by atoms with E-state index in [1.807, 2.05) is 19.1 Å². The number of hydrogen-bond donors (Lipinski definition) is 0. The van der Waals surface area contributed by atoms with Gasteiger partial charge in [0.15, 0.2) is 6.29 Å². The third-order valence-electron chi connectivity index (χ3n) is 2.11. The summed E-state index contributed by atoms with van der Waals surface area (Å²) < 4.78 is 10.3. The Morgan fingerprint density at radius 3 is 2.07 bits per heavy atom. The summed E-state index contributed by atoms with van der Waals surface area (Å²) in [6.07, 6.45) is 1.77. The third-order valence-corrected chi connectivity index (χ3v) is 2.11. The van der Waals surface area contributed by atoms with E-state index in [1.54, 1.807) is 14.2 Å². The standard InChI is InChI=1S/C11H17N2O2/c1-4-5-10(11(14-2)15-3)6-9(7-12)8-13/h9,11H,4-6H2,1-3H3.